The zero-order chi connectivity index (χ0) is 15.1. The van der Waals surface area contributed by atoms with Gasteiger partial charge in [-0.05, 0) is 19.8 Å². The summed E-state index contributed by atoms with van der Waals surface area (Å²) in [5, 5.41) is 8.82. The molecular weight excluding hydrogens is 281 g/mol. The Hall–Kier alpha value is -1.31. The van der Waals surface area contributed by atoms with Crippen molar-refractivity contribution in [1.82, 2.24) is 0 Å². The number of rotatable bonds is 3. The number of halogens is 3. The second-order valence-electron chi connectivity index (χ2n) is 5.33. The topological polar surface area (TPSA) is 72.8 Å². The molecule has 114 valence electrons. The molecule has 0 amide bonds. The highest BCUT2D eigenvalue weighted by Crippen LogP contribution is 2.55. The summed E-state index contributed by atoms with van der Waals surface area (Å²) in [6, 6.07) is 0. The van der Waals surface area contributed by atoms with Crippen molar-refractivity contribution in [2.45, 2.75) is 44.6 Å². The summed E-state index contributed by atoms with van der Waals surface area (Å²) in [4.78, 5) is 23.1. The number of hydrogen-bond donors (Lipinski definition) is 1. The molecule has 2 fully saturated rings. The van der Waals surface area contributed by atoms with Crippen molar-refractivity contribution in [1.29, 1.82) is 0 Å². The van der Waals surface area contributed by atoms with Gasteiger partial charge in [0.05, 0.1) is 12.5 Å². The van der Waals surface area contributed by atoms with Crippen LogP contribution in [-0.2, 0) is 19.1 Å². The van der Waals surface area contributed by atoms with Crippen LogP contribution in [0.3, 0.4) is 0 Å². The highest BCUT2D eigenvalue weighted by atomic mass is 19.4. The molecule has 0 aromatic heterocycles. The van der Waals surface area contributed by atoms with Crippen molar-refractivity contribution in [3.63, 3.8) is 0 Å². The lowest BCUT2D eigenvalue weighted by Gasteiger charge is -2.33. The van der Waals surface area contributed by atoms with E-state index in [0.29, 0.717) is 0 Å². The van der Waals surface area contributed by atoms with Gasteiger partial charge < -0.3 is 14.6 Å². The molecule has 0 aromatic carbocycles. The van der Waals surface area contributed by atoms with E-state index in [0.717, 1.165) is 0 Å². The van der Waals surface area contributed by atoms with Crippen LogP contribution in [0.2, 0.25) is 0 Å². The fourth-order valence-electron chi connectivity index (χ4n) is 2.55. The number of carbonyl (C=O) groups excluding carboxylic acids is 2. The lowest BCUT2D eigenvalue weighted by molar-refractivity contribution is -0.227. The van der Waals surface area contributed by atoms with Crippen LogP contribution >= 0.6 is 0 Å². The van der Waals surface area contributed by atoms with Crippen molar-refractivity contribution >= 4 is 11.9 Å². The molecule has 4 unspecified atom stereocenters. The number of fused-ring (bicyclic) bond motifs is 2. The standard InChI is InChI=1S/C12H15F3O5/c1-6(5-16)9(17)19-7-2-3-11(12(13,14)15)4-8(7)20-10(11)18/h6-8,16H,2-5H2,1H3. The largest absolute Gasteiger partial charge is 0.458 e. The number of esters is 2. The van der Waals surface area contributed by atoms with Crippen LogP contribution in [0.5, 0.6) is 0 Å². The molecule has 2 bridgehead atoms. The maximum absolute atomic E-state index is 13.0. The number of aliphatic hydroxyl groups excluding tert-OH is 1. The monoisotopic (exact) mass is 296 g/mol. The summed E-state index contributed by atoms with van der Waals surface area (Å²) in [5.41, 5.74) is -2.46. The molecule has 4 atom stereocenters. The predicted octanol–water partition coefficient (Wildman–Crippen LogP) is 1.18. The summed E-state index contributed by atoms with van der Waals surface area (Å²) in [6.45, 7) is 1.02. The molecule has 1 aliphatic carbocycles. The van der Waals surface area contributed by atoms with Gasteiger partial charge in [0.15, 0.2) is 5.41 Å². The normalized spacial score (nSPS) is 34.5. The molecule has 1 N–H and O–H groups in total. The first-order valence-corrected chi connectivity index (χ1v) is 6.30. The molecule has 2 aliphatic rings. The second kappa shape index (κ2) is 4.91. The van der Waals surface area contributed by atoms with E-state index in [9.17, 15) is 22.8 Å². The first-order chi connectivity index (χ1) is 9.21. The summed E-state index contributed by atoms with van der Waals surface area (Å²) < 4.78 is 48.8. The van der Waals surface area contributed by atoms with E-state index in [1.54, 1.807) is 0 Å². The Morgan fingerprint density at radius 2 is 2.25 bits per heavy atom. The molecule has 2 rings (SSSR count). The Bertz CT molecular complexity index is 422. The van der Waals surface area contributed by atoms with Gasteiger partial charge >= 0.3 is 18.1 Å². The molecule has 1 saturated heterocycles. The fraction of sp³-hybridized carbons (Fsp3) is 0.833. The lowest BCUT2D eigenvalue weighted by atomic mass is 9.73. The lowest BCUT2D eigenvalue weighted by Crippen LogP contribution is -2.46. The second-order valence-corrected chi connectivity index (χ2v) is 5.33. The van der Waals surface area contributed by atoms with Crippen LogP contribution in [0.1, 0.15) is 26.2 Å². The minimum absolute atomic E-state index is 0.0835. The van der Waals surface area contributed by atoms with E-state index in [4.69, 9.17) is 14.6 Å². The van der Waals surface area contributed by atoms with Crippen molar-refractivity contribution in [3.05, 3.63) is 0 Å². The predicted molar refractivity (Wildman–Crippen MR) is 58.3 cm³/mol. The first-order valence-electron chi connectivity index (χ1n) is 6.30. The van der Waals surface area contributed by atoms with E-state index in [-0.39, 0.29) is 6.42 Å². The number of carbonyl (C=O) groups is 2. The first kappa shape index (κ1) is 15.1. The molecule has 5 nitrogen and oxygen atoms in total. The number of aliphatic hydroxyl groups is 1. The highest BCUT2D eigenvalue weighted by Gasteiger charge is 2.69. The van der Waals surface area contributed by atoms with E-state index in [1.807, 2.05) is 0 Å². The van der Waals surface area contributed by atoms with E-state index in [1.165, 1.54) is 6.92 Å². The van der Waals surface area contributed by atoms with Crippen LogP contribution in [0, 0.1) is 11.3 Å². The molecular formula is C12H15F3O5. The average molecular weight is 296 g/mol. The average Bonchev–Trinajstić information content (AvgIpc) is 2.65. The van der Waals surface area contributed by atoms with Crippen LogP contribution in [0.25, 0.3) is 0 Å². The van der Waals surface area contributed by atoms with Gasteiger partial charge in [-0.1, -0.05) is 0 Å². The Morgan fingerprint density at radius 1 is 1.60 bits per heavy atom. The van der Waals surface area contributed by atoms with Crippen LogP contribution < -0.4 is 0 Å². The maximum atomic E-state index is 13.0. The summed E-state index contributed by atoms with van der Waals surface area (Å²) in [6.07, 6.45) is -7.64. The van der Waals surface area contributed by atoms with Gasteiger partial charge in [0.25, 0.3) is 0 Å². The Balaban J connectivity index is 2.08. The summed E-state index contributed by atoms with van der Waals surface area (Å²) >= 11 is 0. The zero-order valence-electron chi connectivity index (χ0n) is 10.8. The van der Waals surface area contributed by atoms with Crippen molar-refractivity contribution in [2.24, 2.45) is 11.3 Å². The van der Waals surface area contributed by atoms with Crippen molar-refractivity contribution in [2.75, 3.05) is 6.61 Å². The molecule has 0 spiro atoms. The van der Waals surface area contributed by atoms with E-state index < -0.39 is 61.1 Å². The van der Waals surface area contributed by atoms with E-state index in [2.05, 4.69) is 0 Å². The quantitative estimate of drug-likeness (QED) is 0.792. The van der Waals surface area contributed by atoms with Gasteiger partial charge in [-0.2, -0.15) is 13.2 Å². The van der Waals surface area contributed by atoms with Gasteiger partial charge in [0, 0.05) is 6.42 Å². The number of ether oxygens (including phenoxy) is 2. The SMILES string of the molecule is CC(CO)C(=O)OC1CCC2(C(F)(F)F)CC1OC2=O. The van der Waals surface area contributed by atoms with E-state index >= 15 is 0 Å². The summed E-state index contributed by atoms with van der Waals surface area (Å²) in [7, 11) is 0. The number of alkyl halides is 3. The van der Waals surface area contributed by atoms with Gasteiger partial charge in [0.1, 0.15) is 12.2 Å². The Morgan fingerprint density at radius 3 is 2.80 bits per heavy atom. The molecule has 20 heavy (non-hydrogen) atoms. The maximum Gasteiger partial charge on any atom is 0.405 e. The highest BCUT2D eigenvalue weighted by molar-refractivity contribution is 5.81. The van der Waals surface area contributed by atoms with Crippen LogP contribution in [0.4, 0.5) is 13.2 Å². The smallest absolute Gasteiger partial charge is 0.405 e. The Labute approximate surface area is 113 Å². The van der Waals surface area contributed by atoms with Gasteiger partial charge in [-0.3, -0.25) is 9.59 Å². The van der Waals surface area contributed by atoms with Crippen molar-refractivity contribution in [3.8, 4) is 0 Å². The third kappa shape index (κ3) is 2.25. The molecule has 8 heteroatoms. The molecule has 0 aromatic rings. The van der Waals surface area contributed by atoms with Crippen molar-refractivity contribution < 1.29 is 37.3 Å². The third-order valence-corrected chi connectivity index (χ3v) is 3.96. The molecule has 1 heterocycles. The minimum atomic E-state index is -4.66. The van der Waals surface area contributed by atoms with Crippen LogP contribution in [0.15, 0.2) is 0 Å². The summed E-state index contributed by atoms with van der Waals surface area (Å²) in [5.74, 6) is -2.76. The van der Waals surface area contributed by atoms with Gasteiger partial charge in [0.2, 0.25) is 0 Å². The number of hydrogen-bond acceptors (Lipinski definition) is 5. The van der Waals surface area contributed by atoms with Gasteiger partial charge in [-0.25, -0.2) is 0 Å². The molecule has 0 radical (unpaired) electrons. The minimum Gasteiger partial charge on any atom is -0.458 e. The zero-order valence-corrected chi connectivity index (χ0v) is 10.8. The molecule has 1 aliphatic heterocycles. The molecule has 1 saturated carbocycles. The van der Waals surface area contributed by atoms with Crippen LogP contribution in [-0.4, -0.2) is 42.0 Å². The Kier molecular flexibility index (Phi) is 3.70. The third-order valence-electron chi connectivity index (χ3n) is 3.96. The van der Waals surface area contributed by atoms with Gasteiger partial charge in [-0.15, -0.1) is 0 Å². The fourth-order valence-corrected chi connectivity index (χ4v) is 2.55.